The molecule has 2 aromatic heterocycles. The van der Waals surface area contributed by atoms with Gasteiger partial charge in [0.1, 0.15) is 5.82 Å². The first-order valence-corrected chi connectivity index (χ1v) is 7.65. The van der Waals surface area contributed by atoms with E-state index in [-0.39, 0.29) is 5.97 Å². The number of halogens is 1. The van der Waals surface area contributed by atoms with Crippen LogP contribution in [0.2, 0.25) is 0 Å². The number of aryl methyl sites for hydroxylation is 1. The topological polar surface area (TPSA) is 67.9 Å². The van der Waals surface area contributed by atoms with E-state index >= 15 is 0 Å². The summed E-state index contributed by atoms with van der Waals surface area (Å²) in [5.41, 5.74) is 4.17. The third-order valence-corrected chi connectivity index (χ3v) is 4.19. The summed E-state index contributed by atoms with van der Waals surface area (Å²) in [6.07, 6.45) is 2.65. The number of benzene rings is 1. The first-order valence-electron chi connectivity index (χ1n) is 6.86. The molecule has 0 bridgehead atoms. The molecule has 1 N–H and O–H groups in total. The molecule has 0 radical (unpaired) electrons. The minimum absolute atomic E-state index is 0.352. The van der Waals surface area contributed by atoms with Gasteiger partial charge >= 0.3 is 5.97 Å². The van der Waals surface area contributed by atoms with E-state index in [9.17, 15) is 4.79 Å². The molecule has 0 saturated carbocycles. The Kier molecular flexibility index (Phi) is 3.94. The van der Waals surface area contributed by atoms with Crippen molar-refractivity contribution in [3.63, 3.8) is 0 Å². The number of aromatic nitrogens is 3. The van der Waals surface area contributed by atoms with Crippen molar-refractivity contribution in [2.75, 3.05) is 7.11 Å². The summed E-state index contributed by atoms with van der Waals surface area (Å²) < 4.78 is 5.67. The number of hydrogen-bond donors (Lipinski definition) is 1. The number of imidazole rings is 1. The van der Waals surface area contributed by atoms with E-state index in [1.165, 1.54) is 7.11 Å². The Morgan fingerprint density at radius 3 is 2.68 bits per heavy atom. The van der Waals surface area contributed by atoms with Crippen LogP contribution < -0.4 is 0 Å². The van der Waals surface area contributed by atoms with E-state index in [1.54, 1.807) is 18.3 Å². The number of rotatable bonds is 3. The van der Waals surface area contributed by atoms with Crippen molar-refractivity contribution in [2.45, 2.75) is 13.3 Å². The quantitative estimate of drug-likeness (QED) is 0.723. The number of esters is 1. The molecule has 0 amide bonds. The number of carbonyl (C=O) groups excluding carboxylic acids is 1. The highest BCUT2D eigenvalue weighted by molar-refractivity contribution is 9.10. The highest BCUT2D eigenvalue weighted by atomic mass is 79.9. The van der Waals surface area contributed by atoms with Crippen LogP contribution in [-0.2, 0) is 11.2 Å². The number of nitrogens with zero attached hydrogens (tertiary/aromatic N) is 2. The number of fused-ring (bicyclic) bond motifs is 1. The van der Waals surface area contributed by atoms with Gasteiger partial charge in [-0.1, -0.05) is 19.1 Å². The second kappa shape index (κ2) is 5.88. The van der Waals surface area contributed by atoms with E-state index in [0.717, 1.165) is 33.4 Å². The fourth-order valence-corrected chi connectivity index (χ4v) is 2.93. The molecule has 0 fully saturated rings. The molecule has 6 heteroatoms. The highest BCUT2D eigenvalue weighted by Crippen LogP contribution is 2.26. The molecule has 5 nitrogen and oxygen atoms in total. The first kappa shape index (κ1) is 14.7. The normalized spacial score (nSPS) is 10.9. The van der Waals surface area contributed by atoms with Crippen molar-refractivity contribution >= 4 is 33.1 Å². The maximum absolute atomic E-state index is 11.5. The Morgan fingerprint density at radius 1 is 1.32 bits per heavy atom. The van der Waals surface area contributed by atoms with Crippen LogP contribution in [0.4, 0.5) is 0 Å². The fraction of sp³-hybridized carbons (Fsp3) is 0.188. The summed E-state index contributed by atoms with van der Waals surface area (Å²) in [5, 5.41) is 0. The van der Waals surface area contributed by atoms with Crippen molar-refractivity contribution < 1.29 is 9.53 Å². The van der Waals surface area contributed by atoms with E-state index in [1.807, 2.05) is 12.1 Å². The number of carbonyl (C=O) groups is 1. The van der Waals surface area contributed by atoms with Crippen LogP contribution in [0.15, 0.2) is 34.9 Å². The van der Waals surface area contributed by atoms with Crippen molar-refractivity contribution in [3.8, 4) is 11.4 Å². The molecule has 3 aromatic rings. The predicted octanol–water partition coefficient (Wildman–Crippen LogP) is 3.74. The van der Waals surface area contributed by atoms with Gasteiger partial charge in [0, 0.05) is 16.2 Å². The zero-order valence-electron chi connectivity index (χ0n) is 12.2. The van der Waals surface area contributed by atoms with Crippen LogP contribution in [0.5, 0.6) is 0 Å². The van der Waals surface area contributed by atoms with Gasteiger partial charge in [-0.2, -0.15) is 0 Å². The van der Waals surface area contributed by atoms with E-state index in [0.29, 0.717) is 11.2 Å². The number of pyridine rings is 1. The summed E-state index contributed by atoms with van der Waals surface area (Å²) in [4.78, 5) is 23.6. The minimum atomic E-state index is -0.352. The summed E-state index contributed by atoms with van der Waals surface area (Å²) in [7, 11) is 1.37. The van der Waals surface area contributed by atoms with Gasteiger partial charge in [0.05, 0.1) is 18.2 Å². The average molecular weight is 360 g/mol. The van der Waals surface area contributed by atoms with Crippen molar-refractivity contribution in [3.05, 3.63) is 46.1 Å². The van der Waals surface area contributed by atoms with Gasteiger partial charge in [0.2, 0.25) is 0 Å². The molecule has 112 valence electrons. The van der Waals surface area contributed by atoms with Gasteiger partial charge < -0.3 is 9.72 Å². The fourth-order valence-electron chi connectivity index (χ4n) is 2.35. The molecule has 0 spiro atoms. The molecule has 1 aromatic carbocycles. The van der Waals surface area contributed by atoms with Crippen molar-refractivity contribution in [1.82, 2.24) is 15.0 Å². The Labute approximate surface area is 135 Å². The molecule has 0 saturated heterocycles. The minimum Gasteiger partial charge on any atom is -0.465 e. The third kappa shape index (κ3) is 2.50. The van der Waals surface area contributed by atoms with Crippen LogP contribution in [-0.4, -0.2) is 28.0 Å². The third-order valence-electron chi connectivity index (χ3n) is 3.51. The second-order valence-electron chi connectivity index (χ2n) is 4.79. The number of H-pyrrole nitrogens is 1. The van der Waals surface area contributed by atoms with Crippen LogP contribution in [0.1, 0.15) is 22.8 Å². The number of hydrogen-bond acceptors (Lipinski definition) is 4. The molecule has 0 unspecified atom stereocenters. The van der Waals surface area contributed by atoms with Crippen LogP contribution >= 0.6 is 15.9 Å². The zero-order valence-corrected chi connectivity index (χ0v) is 13.8. The number of ether oxygens (including phenoxy) is 1. The van der Waals surface area contributed by atoms with Crippen molar-refractivity contribution in [2.24, 2.45) is 0 Å². The van der Waals surface area contributed by atoms with Gasteiger partial charge in [-0.15, -0.1) is 0 Å². The van der Waals surface area contributed by atoms with Crippen LogP contribution in [0, 0.1) is 0 Å². The molecule has 0 aliphatic carbocycles. The Hall–Kier alpha value is -2.21. The largest absolute Gasteiger partial charge is 0.465 e. The van der Waals surface area contributed by atoms with Gasteiger partial charge in [-0.25, -0.2) is 14.8 Å². The zero-order chi connectivity index (χ0) is 15.7. The first-order chi connectivity index (χ1) is 10.6. The SMILES string of the molecule is CCc1c(Br)cnc2nc(-c3ccc(C(=O)OC)cc3)[nH]c12. The predicted molar refractivity (Wildman–Crippen MR) is 87.7 cm³/mol. The summed E-state index contributed by atoms with van der Waals surface area (Å²) in [6.45, 7) is 2.09. The lowest BCUT2D eigenvalue weighted by Crippen LogP contribution is -2.00. The van der Waals surface area contributed by atoms with Gasteiger partial charge in [0.25, 0.3) is 0 Å². The highest BCUT2D eigenvalue weighted by Gasteiger charge is 2.12. The van der Waals surface area contributed by atoms with Gasteiger partial charge in [-0.3, -0.25) is 0 Å². The van der Waals surface area contributed by atoms with Gasteiger partial charge in [-0.05, 0) is 40.0 Å². The maximum atomic E-state index is 11.5. The average Bonchev–Trinajstić information content (AvgIpc) is 2.98. The number of methoxy groups -OCH3 is 1. The molecule has 2 heterocycles. The Morgan fingerprint density at radius 2 is 2.05 bits per heavy atom. The molecule has 0 aliphatic heterocycles. The Balaban J connectivity index is 2.05. The van der Waals surface area contributed by atoms with Crippen LogP contribution in [0.3, 0.4) is 0 Å². The lowest BCUT2D eigenvalue weighted by Gasteiger charge is -2.01. The van der Waals surface area contributed by atoms with E-state index < -0.39 is 0 Å². The molecule has 3 rings (SSSR count). The van der Waals surface area contributed by atoms with E-state index in [2.05, 4.69) is 37.8 Å². The standard InChI is InChI=1S/C16H14BrN3O2/c1-3-11-12(17)8-18-15-13(11)19-14(20-15)9-4-6-10(7-5-9)16(21)22-2/h4-8H,3H2,1-2H3,(H,18,19,20). The number of nitrogens with one attached hydrogen (secondary N) is 1. The van der Waals surface area contributed by atoms with Crippen molar-refractivity contribution in [1.29, 1.82) is 0 Å². The molecular formula is C16H14BrN3O2. The summed E-state index contributed by atoms with van der Waals surface area (Å²) >= 11 is 3.51. The maximum Gasteiger partial charge on any atom is 0.337 e. The Bertz CT molecular complexity index is 840. The molecule has 0 aliphatic rings. The molecular weight excluding hydrogens is 346 g/mol. The number of aromatic amines is 1. The summed E-state index contributed by atoms with van der Waals surface area (Å²) in [5.74, 6) is 0.377. The second-order valence-corrected chi connectivity index (χ2v) is 5.65. The van der Waals surface area contributed by atoms with Crippen LogP contribution in [0.25, 0.3) is 22.6 Å². The lowest BCUT2D eigenvalue weighted by molar-refractivity contribution is 0.0601. The molecule has 0 atom stereocenters. The molecule has 22 heavy (non-hydrogen) atoms. The summed E-state index contributed by atoms with van der Waals surface area (Å²) in [6, 6.07) is 7.12. The van der Waals surface area contributed by atoms with E-state index in [4.69, 9.17) is 4.74 Å². The smallest absolute Gasteiger partial charge is 0.337 e. The van der Waals surface area contributed by atoms with Gasteiger partial charge in [0.15, 0.2) is 5.65 Å². The monoisotopic (exact) mass is 359 g/mol. The lowest BCUT2D eigenvalue weighted by atomic mass is 10.1.